The van der Waals surface area contributed by atoms with E-state index in [1.54, 1.807) is 6.33 Å². The van der Waals surface area contributed by atoms with Crippen LogP contribution in [0.25, 0.3) is 0 Å². The molecule has 0 aliphatic heterocycles. The van der Waals surface area contributed by atoms with Crippen molar-refractivity contribution in [2.24, 2.45) is 11.8 Å². The molecule has 5 nitrogen and oxygen atoms in total. The highest BCUT2D eigenvalue weighted by atomic mass is 15.3. The van der Waals surface area contributed by atoms with Crippen LogP contribution in [0.15, 0.2) is 6.33 Å². The van der Waals surface area contributed by atoms with Gasteiger partial charge in [0.1, 0.15) is 18.0 Å². The monoisotopic (exact) mass is 291 g/mol. The maximum absolute atomic E-state index is 5.61. The van der Waals surface area contributed by atoms with Crippen molar-refractivity contribution in [1.29, 1.82) is 0 Å². The molecule has 0 spiro atoms. The minimum atomic E-state index is 0.587. The SMILES string of the molecule is CCCc1c(NN)ncnc1N(C)C1CCC(CC)CC1. The molecular formula is C16H29N5. The van der Waals surface area contributed by atoms with Crippen molar-refractivity contribution < 1.29 is 0 Å². The molecule has 0 saturated heterocycles. The number of rotatable bonds is 6. The van der Waals surface area contributed by atoms with Gasteiger partial charge in [-0.1, -0.05) is 26.7 Å². The molecule has 0 radical (unpaired) electrons. The molecule has 2 rings (SSSR count). The number of hydrogen-bond donors (Lipinski definition) is 2. The van der Waals surface area contributed by atoms with Gasteiger partial charge in [0.15, 0.2) is 0 Å². The Morgan fingerprint density at radius 2 is 1.95 bits per heavy atom. The zero-order chi connectivity index (χ0) is 15.2. The number of hydrogen-bond acceptors (Lipinski definition) is 5. The first-order valence-corrected chi connectivity index (χ1v) is 8.24. The van der Waals surface area contributed by atoms with E-state index in [1.165, 1.54) is 32.1 Å². The Labute approximate surface area is 128 Å². The predicted molar refractivity (Wildman–Crippen MR) is 88.3 cm³/mol. The fourth-order valence-corrected chi connectivity index (χ4v) is 3.42. The number of nitrogen functional groups attached to an aromatic ring is 1. The zero-order valence-corrected chi connectivity index (χ0v) is 13.6. The molecule has 0 atom stereocenters. The van der Waals surface area contributed by atoms with Gasteiger partial charge >= 0.3 is 0 Å². The van der Waals surface area contributed by atoms with E-state index >= 15 is 0 Å². The van der Waals surface area contributed by atoms with Crippen LogP contribution in [0.1, 0.15) is 57.9 Å². The van der Waals surface area contributed by atoms with Crippen LogP contribution in [0, 0.1) is 5.92 Å². The highest BCUT2D eigenvalue weighted by Crippen LogP contribution is 2.33. The summed E-state index contributed by atoms with van der Waals surface area (Å²) in [6, 6.07) is 0.587. The number of anilines is 2. The highest BCUT2D eigenvalue weighted by Gasteiger charge is 2.25. The highest BCUT2D eigenvalue weighted by molar-refractivity contribution is 5.58. The topological polar surface area (TPSA) is 67.1 Å². The van der Waals surface area contributed by atoms with Crippen molar-refractivity contribution in [3.05, 3.63) is 11.9 Å². The van der Waals surface area contributed by atoms with E-state index in [-0.39, 0.29) is 0 Å². The molecule has 1 fully saturated rings. The van der Waals surface area contributed by atoms with Gasteiger partial charge in [-0.15, -0.1) is 0 Å². The van der Waals surface area contributed by atoms with Crippen LogP contribution in [0.3, 0.4) is 0 Å². The average molecular weight is 291 g/mol. The van der Waals surface area contributed by atoms with E-state index in [0.29, 0.717) is 6.04 Å². The first-order chi connectivity index (χ1) is 10.2. The molecule has 118 valence electrons. The largest absolute Gasteiger partial charge is 0.356 e. The van der Waals surface area contributed by atoms with Gasteiger partial charge in [-0.3, -0.25) is 0 Å². The van der Waals surface area contributed by atoms with Crippen LogP contribution < -0.4 is 16.2 Å². The summed E-state index contributed by atoms with van der Waals surface area (Å²) < 4.78 is 0. The van der Waals surface area contributed by atoms with Crippen molar-refractivity contribution in [2.75, 3.05) is 17.4 Å². The molecule has 0 unspecified atom stereocenters. The Balaban J connectivity index is 2.17. The zero-order valence-electron chi connectivity index (χ0n) is 13.6. The summed E-state index contributed by atoms with van der Waals surface area (Å²) in [5.74, 6) is 8.32. The summed E-state index contributed by atoms with van der Waals surface area (Å²) in [5.41, 5.74) is 3.86. The predicted octanol–water partition coefficient (Wildman–Crippen LogP) is 3.12. The number of nitrogens with one attached hydrogen (secondary N) is 1. The van der Waals surface area contributed by atoms with Gasteiger partial charge in [0.05, 0.1) is 0 Å². The lowest BCUT2D eigenvalue weighted by Crippen LogP contribution is -2.36. The van der Waals surface area contributed by atoms with Gasteiger partial charge in [0.25, 0.3) is 0 Å². The van der Waals surface area contributed by atoms with Crippen molar-refractivity contribution in [3.63, 3.8) is 0 Å². The van der Waals surface area contributed by atoms with Crippen LogP contribution in [0.4, 0.5) is 11.6 Å². The second-order valence-corrected chi connectivity index (χ2v) is 6.11. The molecule has 1 aliphatic carbocycles. The molecule has 5 heteroatoms. The summed E-state index contributed by atoms with van der Waals surface area (Å²) in [5, 5.41) is 0. The van der Waals surface area contributed by atoms with Crippen molar-refractivity contribution in [2.45, 2.75) is 64.8 Å². The van der Waals surface area contributed by atoms with Crippen LogP contribution in [-0.2, 0) is 6.42 Å². The van der Waals surface area contributed by atoms with Crippen molar-refractivity contribution in [3.8, 4) is 0 Å². The maximum atomic E-state index is 5.61. The van der Waals surface area contributed by atoms with Gasteiger partial charge in [0, 0.05) is 18.7 Å². The molecule has 1 saturated carbocycles. The third-order valence-corrected chi connectivity index (χ3v) is 4.83. The molecule has 3 N–H and O–H groups in total. The van der Waals surface area contributed by atoms with Crippen LogP contribution in [-0.4, -0.2) is 23.1 Å². The average Bonchev–Trinajstić information content (AvgIpc) is 2.54. The second-order valence-electron chi connectivity index (χ2n) is 6.11. The normalized spacial score (nSPS) is 22.1. The Hall–Kier alpha value is -1.36. The lowest BCUT2D eigenvalue weighted by atomic mass is 9.84. The van der Waals surface area contributed by atoms with E-state index in [9.17, 15) is 0 Å². The first kappa shape index (κ1) is 16.0. The van der Waals surface area contributed by atoms with Crippen molar-refractivity contribution >= 4 is 11.6 Å². The third-order valence-electron chi connectivity index (χ3n) is 4.83. The maximum Gasteiger partial charge on any atom is 0.148 e. The molecule has 0 aromatic carbocycles. The number of hydrazine groups is 1. The fraction of sp³-hybridized carbons (Fsp3) is 0.750. The summed E-state index contributed by atoms with van der Waals surface area (Å²) in [4.78, 5) is 11.1. The van der Waals surface area contributed by atoms with E-state index in [2.05, 4.69) is 41.2 Å². The number of aromatic nitrogens is 2. The van der Waals surface area contributed by atoms with Gasteiger partial charge in [-0.05, 0) is 38.0 Å². The summed E-state index contributed by atoms with van der Waals surface area (Å²) in [7, 11) is 2.17. The van der Waals surface area contributed by atoms with Gasteiger partial charge in [-0.2, -0.15) is 0 Å². The minimum absolute atomic E-state index is 0.587. The van der Waals surface area contributed by atoms with E-state index in [4.69, 9.17) is 5.84 Å². The van der Waals surface area contributed by atoms with Crippen molar-refractivity contribution in [1.82, 2.24) is 9.97 Å². The Morgan fingerprint density at radius 1 is 1.24 bits per heavy atom. The second kappa shape index (κ2) is 7.59. The summed E-state index contributed by atoms with van der Waals surface area (Å²) >= 11 is 0. The molecular weight excluding hydrogens is 262 g/mol. The molecule has 1 aromatic heterocycles. The number of nitrogens with zero attached hydrogens (tertiary/aromatic N) is 3. The summed E-state index contributed by atoms with van der Waals surface area (Å²) in [6.45, 7) is 4.47. The lowest BCUT2D eigenvalue weighted by molar-refractivity contribution is 0.312. The van der Waals surface area contributed by atoms with Gasteiger partial charge in [-0.25, -0.2) is 15.8 Å². The first-order valence-electron chi connectivity index (χ1n) is 8.24. The molecule has 1 aromatic rings. The van der Waals surface area contributed by atoms with Crippen LogP contribution in [0.2, 0.25) is 0 Å². The lowest BCUT2D eigenvalue weighted by Gasteiger charge is -2.36. The van der Waals surface area contributed by atoms with E-state index < -0.39 is 0 Å². The molecule has 0 amide bonds. The van der Waals surface area contributed by atoms with E-state index in [1.807, 2.05) is 0 Å². The Kier molecular flexibility index (Phi) is 5.79. The Morgan fingerprint density at radius 3 is 2.52 bits per heavy atom. The van der Waals surface area contributed by atoms with Gasteiger partial charge in [0.2, 0.25) is 0 Å². The van der Waals surface area contributed by atoms with E-state index in [0.717, 1.165) is 36.0 Å². The smallest absolute Gasteiger partial charge is 0.148 e. The molecule has 1 heterocycles. The standard InChI is InChI=1S/C16H29N5/c1-4-6-14-15(20-17)18-11-19-16(14)21(3)13-9-7-12(5-2)8-10-13/h11-13H,4-10,17H2,1-3H3,(H,18,19,20). The molecule has 0 bridgehead atoms. The molecule has 21 heavy (non-hydrogen) atoms. The summed E-state index contributed by atoms with van der Waals surface area (Å²) in [6.07, 6.45) is 10.1. The quantitative estimate of drug-likeness (QED) is 0.622. The third kappa shape index (κ3) is 3.64. The number of nitrogens with two attached hydrogens (primary N) is 1. The van der Waals surface area contributed by atoms with Gasteiger partial charge < -0.3 is 10.3 Å². The molecule has 1 aliphatic rings. The van der Waals surface area contributed by atoms with Crippen LogP contribution >= 0.6 is 0 Å². The minimum Gasteiger partial charge on any atom is -0.356 e. The Bertz CT molecular complexity index is 440. The van der Waals surface area contributed by atoms with Crippen LogP contribution in [0.5, 0.6) is 0 Å². The fourth-order valence-electron chi connectivity index (χ4n) is 3.42.